The maximum Gasteiger partial charge on any atom is 0.264 e. The minimum absolute atomic E-state index is 0.0827. The highest BCUT2D eigenvalue weighted by atomic mass is 127. The Bertz CT molecular complexity index is 542. The molecule has 0 aromatic carbocycles. The fourth-order valence-corrected chi connectivity index (χ4v) is 2.28. The summed E-state index contributed by atoms with van der Waals surface area (Å²) in [5.74, 6) is 0.267. The first-order valence-corrected chi connectivity index (χ1v) is 5.57. The molecule has 0 spiro atoms. The van der Waals surface area contributed by atoms with E-state index in [0.717, 1.165) is 5.69 Å². The van der Waals surface area contributed by atoms with Gasteiger partial charge in [-0.05, 0) is 13.0 Å². The maximum absolute atomic E-state index is 11.9. The van der Waals surface area contributed by atoms with Crippen LogP contribution in [0.1, 0.15) is 5.69 Å². The Balaban J connectivity index is 2.97. The predicted molar refractivity (Wildman–Crippen MR) is 63.5 cm³/mol. The summed E-state index contributed by atoms with van der Waals surface area (Å²) < 4.78 is 2.28. The number of pyridine rings is 1. The van der Waals surface area contributed by atoms with Gasteiger partial charge in [0.2, 0.25) is 0 Å². The third-order valence-corrected chi connectivity index (χ3v) is 2.86. The topological polar surface area (TPSA) is 76.7 Å². The highest BCUT2D eigenvalue weighted by Crippen LogP contribution is 2.14. The smallest absolute Gasteiger partial charge is 0.264 e. The molecule has 0 saturated heterocycles. The van der Waals surface area contributed by atoms with Crippen LogP contribution < -0.4 is 11.3 Å². The molecule has 2 aromatic heterocycles. The van der Waals surface area contributed by atoms with E-state index < -0.39 is 0 Å². The van der Waals surface area contributed by atoms with Gasteiger partial charge in [-0.1, -0.05) is 22.6 Å². The molecule has 5 nitrogen and oxygen atoms in total. The molecule has 2 aromatic rings. The zero-order chi connectivity index (χ0) is 10.3. The van der Waals surface area contributed by atoms with Crippen LogP contribution >= 0.6 is 22.6 Å². The number of rotatable bonds is 1. The van der Waals surface area contributed by atoms with Crippen LogP contribution in [-0.4, -0.2) is 14.8 Å². The van der Waals surface area contributed by atoms with Gasteiger partial charge in [-0.2, -0.15) is 5.10 Å². The summed E-state index contributed by atoms with van der Waals surface area (Å²) in [4.78, 5) is 11.9. The van der Waals surface area contributed by atoms with Gasteiger partial charge in [0.05, 0.1) is 10.1 Å². The van der Waals surface area contributed by atoms with Crippen LogP contribution in [0.5, 0.6) is 0 Å². The second-order valence-electron chi connectivity index (χ2n) is 3.04. The van der Waals surface area contributed by atoms with Crippen molar-refractivity contribution in [2.24, 2.45) is 0 Å². The number of nitrogens with one attached hydrogen (secondary N) is 1. The summed E-state index contributed by atoms with van der Waals surface area (Å²) >= 11 is 2.14. The van der Waals surface area contributed by atoms with Crippen molar-refractivity contribution in [2.45, 2.75) is 11.5 Å². The van der Waals surface area contributed by atoms with E-state index >= 15 is 0 Å². The summed E-state index contributed by atoms with van der Waals surface area (Å²) in [6.07, 6.45) is 0. The molecule has 0 aliphatic heterocycles. The van der Waals surface area contributed by atoms with E-state index in [1.807, 2.05) is 13.0 Å². The first-order valence-electron chi connectivity index (χ1n) is 4.05. The molecule has 2 rings (SSSR count). The van der Waals surface area contributed by atoms with Gasteiger partial charge in [-0.25, -0.2) is 0 Å². The molecule has 2 heterocycles. The van der Waals surface area contributed by atoms with Crippen molar-refractivity contribution in [2.75, 3.05) is 5.73 Å². The van der Waals surface area contributed by atoms with Crippen molar-refractivity contribution in [1.82, 2.24) is 14.8 Å². The number of fused-ring (bicyclic) bond motifs is 1. The lowest BCUT2D eigenvalue weighted by atomic mass is 10.2. The molecule has 3 N–H and O–H groups in total. The Kier molecular flexibility index (Phi) is 2.22. The van der Waals surface area contributed by atoms with Gasteiger partial charge in [0, 0.05) is 5.69 Å². The van der Waals surface area contributed by atoms with Crippen molar-refractivity contribution >= 4 is 39.3 Å². The molecule has 0 unspecified atom stereocenters. The zero-order valence-electron chi connectivity index (χ0n) is 7.54. The van der Waals surface area contributed by atoms with E-state index in [4.69, 9.17) is 5.73 Å². The lowest BCUT2D eigenvalue weighted by Crippen LogP contribution is -2.20. The monoisotopic (exact) mass is 304 g/mol. The largest absolute Gasteiger partial charge is 0.382 e. The number of aromatic amines is 1. The number of alkyl halides is 1. The molecule has 0 bridgehead atoms. The highest BCUT2D eigenvalue weighted by molar-refractivity contribution is 14.1. The van der Waals surface area contributed by atoms with Crippen LogP contribution in [0.2, 0.25) is 0 Å². The number of aromatic nitrogens is 3. The molecule has 0 fully saturated rings. The van der Waals surface area contributed by atoms with E-state index in [1.54, 1.807) is 4.57 Å². The zero-order valence-corrected chi connectivity index (χ0v) is 9.70. The summed E-state index contributed by atoms with van der Waals surface area (Å²) in [7, 11) is 0. The fraction of sp³-hybridized carbons (Fsp3) is 0.250. The van der Waals surface area contributed by atoms with Crippen LogP contribution in [-0.2, 0) is 4.55 Å². The van der Waals surface area contributed by atoms with Crippen molar-refractivity contribution in [3.63, 3.8) is 0 Å². The lowest BCUT2D eigenvalue weighted by molar-refractivity contribution is 0.830. The molecule has 0 saturated carbocycles. The summed E-state index contributed by atoms with van der Waals surface area (Å²) in [6, 6.07) is 1.87. The maximum atomic E-state index is 11.9. The van der Waals surface area contributed by atoms with Gasteiger partial charge in [0.25, 0.3) is 5.56 Å². The first-order chi connectivity index (χ1) is 6.65. The standard InChI is InChI=1S/C8H9IN4O/c1-4-2-5-6(7(10)12-11-5)8(14)13(4)3-9/h2H,3H2,1H3,(H3,10,11,12). The van der Waals surface area contributed by atoms with Crippen LogP contribution in [0.25, 0.3) is 10.9 Å². The van der Waals surface area contributed by atoms with Crippen LogP contribution in [0.3, 0.4) is 0 Å². The van der Waals surface area contributed by atoms with Gasteiger partial charge in [0.15, 0.2) is 5.82 Å². The number of nitrogen functional groups attached to an aromatic ring is 1. The van der Waals surface area contributed by atoms with Gasteiger partial charge in [-0.15, -0.1) is 0 Å². The second-order valence-corrected chi connectivity index (χ2v) is 3.72. The Morgan fingerprint density at radius 1 is 1.71 bits per heavy atom. The number of hydrogen-bond donors (Lipinski definition) is 2. The van der Waals surface area contributed by atoms with Crippen LogP contribution in [0.4, 0.5) is 5.82 Å². The molecule has 74 valence electrons. The SMILES string of the molecule is Cc1cc2[nH]nc(N)c2c(=O)n1CI. The van der Waals surface area contributed by atoms with Crippen LogP contribution in [0.15, 0.2) is 10.9 Å². The Morgan fingerprint density at radius 2 is 2.43 bits per heavy atom. The summed E-state index contributed by atoms with van der Waals surface area (Å²) in [6.45, 7) is 1.89. The minimum Gasteiger partial charge on any atom is -0.382 e. The van der Waals surface area contributed by atoms with Crippen molar-refractivity contribution in [3.05, 3.63) is 22.1 Å². The highest BCUT2D eigenvalue weighted by Gasteiger charge is 2.10. The predicted octanol–water partition coefficient (Wildman–Crippen LogP) is 1.01. The number of anilines is 1. The second kappa shape index (κ2) is 3.26. The van der Waals surface area contributed by atoms with Crippen molar-refractivity contribution in [3.8, 4) is 0 Å². The van der Waals surface area contributed by atoms with Gasteiger partial charge in [-0.3, -0.25) is 9.89 Å². The average molecular weight is 304 g/mol. The minimum atomic E-state index is -0.0827. The molecular weight excluding hydrogens is 295 g/mol. The first kappa shape index (κ1) is 9.50. The fourth-order valence-electron chi connectivity index (χ4n) is 1.43. The number of nitrogens with two attached hydrogens (primary N) is 1. The average Bonchev–Trinajstić information content (AvgIpc) is 2.48. The molecule has 0 radical (unpaired) electrons. The van der Waals surface area contributed by atoms with E-state index in [2.05, 4.69) is 32.8 Å². The quantitative estimate of drug-likeness (QED) is 0.610. The summed E-state index contributed by atoms with van der Waals surface area (Å²) in [5.41, 5.74) is 7.11. The number of aryl methyl sites for hydroxylation is 1. The van der Waals surface area contributed by atoms with Gasteiger partial charge >= 0.3 is 0 Å². The number of halogens is 1. The molecule has 0 atom stereocenters. The Hall–Kier alpha value is -1.05. The molecule has 6 heteroatoms. The lowest BCUT2D eigenvalue weighted by Gasteiger charge is -2.05. The normalized spacial score (nSPS) is 11.0. The van der Waals surface area contributed by atoms with E-state index in [1.165, 1.54) is 0 Å². The molecule has 0 aliphatic carbocycles. The molecule has 14 heavy (non-hydrogen) atoms. The Labute approximate surface area is 93.4 Å². The van der Waals surface area contributed by atoms with Crippen LogP contribution in [0, 0.1) is 6.92 Å². The molecule has 0 aliphatic rings. The summed E-state index contributed by atoms with van der Waals surface area (Å²) in [5, 5.41) is 7.02. The number of nitrogens with zero attached hydrogens (tertiary/aromatic N) is 2. The van der Waals surface area contributed by atoms with E-state index in [0.29, 0.717) is 15.5 Å². The van der Waals surface area contributed by atoms with Gasteiger partial charge < -0.3 is 10.3 Å². The molecular formula is C8H9IN4O. The third kappa shape index (κ3) is 1.21. The number of hydrogen-bond acceptors (Lipinski definition) is 3. The third-order valence-electron chi connectivity index (χ3n) is 2.18. The van der Waals surface area contributed by atoms with Crippen molar-refractivity contribution in [1.29, 1.82) is 0 Å². The molecule has 0 amide bonds. The Morgan fingerprint density at radius 3 is 3.07 bits per heavy atom. The van der Waals surface area contributed by atoms with E-state index in [-0.39, 0.29) is 11.4 Å². The number of H-pyrrole nitrogens is 1. The van der Waals surface area contributed by atoms with E-state index in [9.17, 15) is 4.79 Å². The van der Waals surface area contributed by atoms with Gasteiger partial charge in [0.1, 0.15) is 5.39 Å². The van der Waals surface area contributed by atoms with Crippen molar-refractivity contribution < 1.29 is 0 Å².